The second-order valence-corrected chi connectivity index (χ2v) is 11.8. The van der Waals surface area contributed by atoms with Crippen LogP contribution < -0.4 is 10.6 Å². The van der Waals surface area contributed by atoms with Gasteiger partial charge in [-0.3, -0.25) is 4.79 Å². The van der Waals surface area contributed by atoms with Crippen LogP contribution in [0.4, 0.5) is 4.79 Å². The summed E-state index contributed by atoms with van der Waals surface area (Å²) >= 11 is 0. The lowest BCUT2D eigenvalue weighted by Crippen LogP contribution is -2.49. The van der Waals surface area contributed by atoms with Crippen LogP contribution in [0.25, 0.3) is 0 Å². The zero-order valence-electron chi connectivity index (χ0n) is 25.8. The van der Waals surface area contributed by atoms with E-state index < -0.39 is 23.8 Å². The Labute approximate surface area is 244 Å². The van der Waals surface area contributed by atoms with E-state index in [1.165, 1.54) is 31.3 Å². The highest BCUT2D eigenvalue weighted by Crippen LogP contribution is 2.30. The van der Waals surface area contributed by atoms with Gasteiger partial charge in [-0.05, 0) is 59.0 Å². The number of carbonyl (C=O) groups is 2. The predicted molar refractivity (Wildman–Crippen MR) is 158 cm³/mol. The van der Waals surface area contributed by atoms with Crippen LogP contribution in [0, 0.1) is 5.92 Å². The van der Waals surface area contributed by atoms with E-state index in [9.17, 15) is 9.59 Å². The van der Waals surface area contributed by atoms with E-state index >= 15 is 0 Å². The summed E-state index contributed by atoms with van der Waals surface area (Å²) in [6.07, 6.45) is 13.1. The number of rotatable bonds is 10. The Morgan fingerprint density at radius 3 is 2.51 bits per heavy atom. The van der Waals surface area contributed by atoms with Crippen molar-refractivity contribution in [3.63, 3.8) is 0 Å². The third kappa shape index (κ3) is 9.86. The van der Waals surface area contributed by atoms with E-state index in [0.29, 0.717) is 30.5 Å². The Balaban J connectivity index is 0.00000226. The van der Waals surface area contributed by atoms with Gasteiger partial charge >= 0.3 is 6.09 Å². The van der Waals surface area contributed by atoms with E-state index in [1.54, 1.807) is 33.3 Å². The number of hydrogen-bond acceptors (Lipinski definition) is 7. The van der Waals surface area contributed by atoms with Crippen molar-refractivity contribution in [1.29, 1.82) is 0 Å². The van der Waals surface area contributed by atoms with Gasteiger partial charge in [-0.25, -0.2) is 9.78 Å². The number of aromatic nitrogens is 4. The van der Waals surface area contributed by atoms with Crippen LogP contribution >= 0.6 is 0 Å². The summed E-state index contributed by atoms with van der Waals surface area (Å²) in [7, 11) is 0. The molecular weight excluding hydrogens is 520 g/mol. The number of nitrogens with zero attached hydrogens (tertiary/aromatic N) is 3. The predicted octanol–water partition coefficient (Wildman–Crippen LogP) is 6.29. The van der Waals surface area contributed by atoms with Crippen molar-refractivity contribution >= 4 is 12.0 Å². The lowest BCUT2D eigenvalue weighted by molar-refractivity contribution is -0.124. The third-order valence-corrected chi connectivity index (χ3v) is 7.40. The third-order valence-electron chi connectivity index (χ3n) is 7.40. The van der Waals surface area contributed by atoms with Crippen molar-refractivity contribution in [3.05, 3.63) is 52.7 Å². The molecule has 0 saturated heterocycles. The van der Waals surface area contributed by atoms with Gasteiger partial charge in [0.25, 0.3) is 0 Å². The number of nitrogens with one attached hydrogen (secondary N) is 3. The summed E-state index contributed by atoms with van der Waals surface area (Å²) in [5.41, 5.74) is 3.56. The molecule has 0 radical (unpaired) electrons. The smallest absolute Gasteiger partial charge is 0.408 e. The highest BCUT2D eigenvalue weighted by atomic mass is 16.6. The molecule has 2 amide bonds. The van der Waals surface area contributed by atoms with Gasteiger partial charge in [0, 0.05) is 31.2 Å². The molecule has 226 valence electrons. The molecule has 10 nitrogen and oxygen atoms in total. The highest BCUT2D eigenvalue weighted by molar-refractivity contribution is 5.86. The number of ether oxygens (including phenoxy) is 1. The lowest BCUT2D eigenvalue weighted by Gasteiger charge is -2.27. The lowest BCUT2D eigenvalue weighted by atomic mass is 9.88. The largest absolute Gasteiger partial charge is 0.444 e. The van der Waals surface area contributed by atoms with Crippen molar-refractivity contribution in [1.82, 2.24) is 30.7 Å². The maximum Gasteiger partial charge on any atom is 0.408 e. The Hall–Kier alpha value is -3.43. The molecule has 1 saturated carbocycles. The van der Waals surface area contributed by atoms with Crippen LogP contribution in [0.2, 0.25) is 0 Å². The molecule has 2 aromatic heterocycles. The molecule has 2 atom stereocenters. The van der Waals surface area contributed by atoms with Crippen LogP contribution in [0.1, 0.15) is 117 Å². The molecule has 0 spiro atoms. The number of alkyl carbamates (subject to hydrolysis) is 1. The van der Waals surface area contributed by atoms with Crippen molar-refractivity contribution in [2.45, 2.75) is 124 Å². The van der Waals surface area contributed by atoms with Crippen LogP contribution in [-0.4, -0.2) is 43.8 Å². The maximum atomic E-state index is 13.8. The summed E-state index contributed by atoms with van der Waals surface area (Å²) in [4.78, 5) is 38.4. The summed E-state index contributed by atoms with van der Waals surface area (Å²) in [6, 6.07) is -1.44. The Morgan fingerprint density at radius 2 is 1.88 bits per heavy atom. The first-order valence-electron chi connectivity index (χ1n) is 15.0. The standard InChI is InChI=1S/C29H42N6O4.C2H6/c1-18-9-8-10-19(2)22(18)15-23(33-28(37)38-29(3,4)5)26(36)32-24(14-21-16-30-17-31-21)27-34-25(35-39-27)13-20-11-6-7-12-20;1-2/h9,16-17,20,23-24H,6-8,10-15H2,1-5H3,(H,30,31)(H,32,36)(H,33,37);1-2H3/t23-,24?;/m0./s1. The number of amides is 2. The van der Waals surface area contributed by atoms with E-state index in [2.05, 4.69) is 43.7 Å². The van der Waals surface area contributed by atoms with Gasteiger partial charge in [0.1, 0.15) is 17.7 Å². The fourth-order valence-electron chi connectivity index (χ4n) is 5.37. The van der Waals surface area contributed by atoms with Crippen LogP contribution in [0.5, 0.6) is 0 Å². The molecule has 2 aliphatic carbocycles. The number of hydrogen-bond donors (Lipinski definition) is 3. The normalized spacial score (nSPS) is 17.3. The molecule has 0 aromatic carbocycles. The molecule has 2 aromatic rings. The molecule has 4 rings (SSSR count). The number of carbonyl (C=O) groups excluding carboxylic acids is 2. The number of allylic oxidation sites excluding steroid dienone is 3. The number of aromatic amines is 1. The molecule has 1 unspecified atom stereocenters. The molecule has 41 heavy (non-hydrogen) atoms. The van der Waals surface area contributed by atoms with Gasteiger partial charge in [0.2, 0.25) is 11.8 Å². The Kier molecular flexibility index (Phi) is 11.7. The van der Waals surface area contributed by atoms with Crippen molar-refractivity contribution in [3.8, 4) is 0 Å². The maximum absolute atomic E-state index is 13.8. The van der Waals surface area contributed by atoms with Gasteiger partial charge in [-0.1, -0.05) is 61.9 Å². The molecule has 1 fully saturated rings. The van der Waals surface area contributed by atoms with Gasteiger partial charge < -0.3 is 24.9 Å². The Morgan fingerprint density at radius 1 is 1.15 bits per heavy atom. The van der Waals surface area contributed by atoms with Gasteiger partial charge in [-0.15, -0.1) is 0 Å². The van der Waals surface area contributed by atoms with E-state index in [4.69, 9.17) is 9.26 Å². The summed E-state index contributed by atoms with van der Waals surface area (Å²) in [5, 5.41) is 10.1. The fraction of sp³-hybridized carbons (Fsp3) is 0.645. The SMILES string of the molecule is CC.CC1=CCCC(C)=C1C[C@H](NC(=O)OC(C)(C)C)C(=O)NC(Cc1cnc[nH]1)c1nc(CC2CCCC2)no1. The van der Waals surface area contributed by atoms with Gasteiger partial charge in [0.05, 0.1) is 6.33 Å². The highest BCUT2D eigenvalue weighted by Gasteiger charge is 2.31. The Bertz CT molecular complexity index is 1190. The summed E-state index contributed by atoms with van der Waals surface area (Å²) in [6.45, 7) is 13.5. The number of imidazole rings is 1. The zero-order chi connectivity index (χ0) is 30.0. The van der Waals surface area contributed by atoms with Crippen molar-refractivity contribution in [2.24, 2.45) is 5.92 Å². The number of H-pyrrole nitrogens is 1. The second-order valence-electron chi connectivity index (χ2n) is 11.8. The quantitative estimate of drug-likeness (QED) is 0.306. The van der Waals surface area contributed by atoms with E-state index in [0.717, 1.165) is 36.1 Å². The summed E-state index contributed by atoms with van der Waals surface area (Å²) in [5.74, 6) is 1.22. The monoisotopic (exact) mass is 568 g/mol. The molecule has 0 aliphatic heterocycles. The van der Waals surface area contributed by atoms with Crippen LogP contribution in [0.15, 0.2) is 39.8 Å². The average molecular weight is 569 g/mol. The fourth-order valence-corrected chi connectivity index (χ4v) is 5.37. The van der Waals surface area contributed by atoms with Crippen LogP contribution in [0.3, 0.4) is 0 Å². The van der Waals surface area contributed by atoms with E-state index in [1.807, 2.05) is 20.8 Å². The minimum Gasteiger partial charge on any atom is -0.444 e. The summed E-state index contributed by atoms with van der Waals surface area (Å²) < 4.78 is 11.1. The molecule has 0 bridgehead atoms. The average Bonchev–Trinajstić information content (AvgIpc) is 3.69. The van der Waals surface area contributed by atoms with Crippen LogP contribution in [-0.2, 0) is 22.4 Å². The molecule has 10 heteroatoms. The zero-order valence-corrected chi connectivity index (χ0v) is 25.8. The van der Waals surface area contributed by atoms with Crippen molar-refractivity contribution < 1.29 is 18.8 Å². The minimum atomic E-state index is -0.851. The van der Waals surface area contributed by atoms with Gasteiger partial charge in [-0.2, -0.15) is 4.98 Å². The van der Waals surface area contributed by atoms with Gasteiger partial charge in [0.15, 0.2) is 5.82 Å². The molecular formula is C31H48N6O4. The first kappa shape index (κ1) is 32.1. The topological polar surface area (TPSA) is 135 Å². The molecule has 2 heterocycles. The molecule has 3 N–H and O–H groups in total. The van der Waals surface area contributed by atoms with E-state index in [-0.39, 0.29) is 5.91 Å². The minimum absolute atomic E-state index is 0.339. The first-order chi connectivity index (χ1) is 19.6. The second kappa shape index (κ2) is 15.0. The molecule has 2 aliphatic rings. The first-order valence-corrected chi connectivity index (χ1v) is 15.0. The van der Waals surface area contributed by atoms with Crippen molar-refractivity contribution in [2.75, 3.05) is 0 Å².